The molecule has 0 radical (unpaired) electrons. The Balaban J connectivity index is 2.19. The predicted molar refractivity (Wildman–Crippen MR) is 66.6 cm³/mol. The van der Waals surface area contributed by atoms with Crippen molar-refractivity contribution in [1.82, 2.24) is 0 Å². The summed E-state index contributed by atoms with van der Waals surface area (Å²) in [5.41, 5.74) is 2.47. The van der Waals surface area contributed by atoms with E-state index in [1.807, 2.05) is 18.2 Å². The first-order chi connectivity index (χ1) is 7.75. The first-order valence-electron chi connectivity index (χ1n) is 5.30. The topological polar surface area (TPSA) is 9.23 Å². The lowest BCUT2D eigenvalue weighted by Crippen LogP contribution is -1.98. The van der Waals surface area contributed by atoms with Crippen LogP contribution in [-0.4, -0.2) is 0 Å². The Labute approximate surface area is 99.4 Å². The van der Waals surface area contributed by atoms with Crippen LogP contribution in [0, 0.1) is 13.8 Å². The van der Waals surface area contributed by atoms with E-state index in [0.29, 0.717) is 0 Å². The van der Waals surface area contributed by atoms with Crippen LogP contribution < -0.4 is 4.74 Å². The fourth-order valence-corrected chi connectivity index (χ4v) is 2.95. The molecule has 1 heterocycles. The van der Waals surface area contributed by atoms with E-state index in [2.05, 4.69) is 32.0 Å². The third-order valence-electron chi connectivity index (χ3n) is 2.78. The first kappa shape index (κ1) is 9.79. The van der Waals surface area contributed by atoms with Crippen LogP contribution in [0.15, 0.2) is 46.2 Å². The SMILES string of the molecule is Cc1ccc(C)c2c1Oc1ccccc1S2. The molecular formula is C14H12OS. The summed E-state index contributed by atoms with van der Waals surface area (Å²) < 4.78 is 5.97. The van der Waals surface area contributed by atoms with Crippen molar-refractivity contribution in [2.75, 3.05) is 0 Å². The zero-order valence-corrected chi connectivity index (χ0v) is 10.1. The largest absolute Gasteiger partial charge is 0.455 e. The van der Waals surface area contributed by atoms with Gasteiger partial charge in [-0.3, -0.25) is 0 Å². The summed E-state index contributed by atoms with van der Waals surface area (Å²) in [6, 6.07) is 12.4. The van der Waals surface area contributed by atoms with E-state index in [0.717, 1.165) is 11.5 Å². The summed E-state index contributed by atoms with van der Waals surface area (Å²) >= 11 is 1.80. The van der Waals surface area contributed by atoms with Gasteiger partial charge in [0.05, 0.1) is 9.79 Å². The van der Waals surface area contributed by atoms with Gasteiger partial charge in [-0.1, -0.05) is 36.0 Å². The summed E-state index contributed by atoms with van der Waals surface area (Å²) in [5.74, 6) is 1.98. The lowest BCUT2D eigenvalue weighted by molar-refractivity contribution is 0.450. The Morgan fingerprint density at radius 3 is 2.56 bits per heavy atom. The molecule has 80 valence electrons. The van der Waals surface area contributed by atoms with E-state index in [1.54, 1.807) is 11.8 Å². The van der Waals surface area contributed by atoms with Crippen LogP contribution in [0.5, 0.6) is 11.5 Å². The molecular weight excluding hydrogens is 216 g/mol. The maximum Gasteiger partial charge on any atom is 0.144 e. The highest BCUT2D eigenvalue weighted by molar-refractivity contribution is 7.99. The second-order valence-corrected chi connectivity index (χ2v) is 5.06. The van der Waals surface area contributed by atoms with Gasteiger partial charge in [0.2, 0.25) is 0 Å². The zero-order valence-electron chi connectivity index (χ0n) is 9.28. The fraction of sp³-hybridized carbons (Fsp3) is 0.143. The molecule has 1 nitrogen and oxygen atoms in total. The zero-order chi connectivity index (χ0) is 11.1. The van der Waals surface area contributed by atoms with Crippen LogP contribution in [0.2, 0.25) is 0 Å². The van der Waals surface area contributed by atoms with Crippen molar-refractivity contribution < 1.29 is 4.74 Å². The smallest absolute Gasteiger partial charge is 0.144 e. The third kappa shape index (κ3) is 1.41. The number of aryl methyl sites for hydroxylation is 2. The second kappa shape index (κ2) is 3.56. The highest BCUT2D eigenvalue weighted by atomic mass is 32.2. The van der Waals surface area contributed by atoms with E-state index in [1.165, 1.54) is 20.9 Å². The summed E-state index contributed by atoms with van der Waals surface area (Å²) in [5, 5.41) is 0. The van der Waals surface area contributed by atoms with E-state index in [4.69, 9.17) is 4.74 Å². The van der Waals surface area contributed by atoms with Gasteiger partial charge in [-0.15, -0.1) is 0 Å². The van der Waals surface area contributed by atoms with Crippen molar-refractivity contribution in [2.45, 2.75) is 23.6 Å². The number of fused-ring (bicyclic) bond motifs is 2. The van der Waals surface area contributed by atoms with Gasteiger partial charge < -0.3 is 4.74 Å². The van der Waals surface area contributed by atoms with E-state index in [-0.39, 0.29) is 0 Å². The number of hydrogen-bond donors (Lipinski definition) is 0. The number of hydrogen-bond acceptors (Lipinski definition) is 2. The van der Waals surface area contributed by atoms with Gasteiger partial charge >= 0.3 is 0 Å². The van der Waals surface area contributed by atoms with Crippen molar-refractivity contribution >= 4 is 11.8 Å². The Bertz CT molecular complexity index is 511. The minimum Gasteiger partial charge on any atom is -0.455 e. The van der Waals surface area contributed by atoms with Crippen molar-refractivity contribution in [1.29, 1.82) is 0 Å². The molecule has 0 fully saturated rings. The van der Waals surface area contributed by atoms with Crippen LogP contribution in [0.1, 0.15) is 11.1 Å². The third-order valence-corrected chi connectivity index (χ3v) is 4.05. The van der Waals surface area contributed by atoms with Crippen LogP contribution >= 0.6 is 11.8 Å². The number of rotatable bonds is 0. The molecule has 3 rings (SSSR count). The van der Waals surface area contributed by atoms with Gasteiger partial charge in [0.25, 0.3) is 0 Å². The molecule has 0 amide bonds. The van der Waals surface area contributed by atoms with Gasteiger partial charge in [0.15, 0.2) is 0 Å². The monoisotopic (exact) mass is 228 g/mol. The minimum absolute atomic E-state index is 0.966. The van der Waals surface area contributed by atoms with Gasteiger partial charge in [0, 0.05) is 0 Å². The van der Waals surface area contributed by atoms with Crippen molar-refractivity contribution in [2.24, 2.45) is 0 Å². The molecule has 0 saturated carbocycles. The maximum atomic E-state index is 5.97. The molecule has 0 aliphatic carbocycles. The van der Waals surface area contributed by atoms with Gasteiger partial charge in [0.1, 0.15) is 11.5 Å². The van der Waals surface area contributed by atoms with Crippen molar-refractivity contribution in [3.63, 3.8) is 0 Å². The van der Waals surface area contributed by atoms with Crippen LogP contribution in [0.4, 0.5) is 0 Å². The van der Waals surface area contributed by atoms with Crippen molar-refractivity contribution in [3.05, 3.63) is 47.5 Å². The Morgan fingerprint density at radius 2 is 1.69 bits per heavy atom. The molecule has 0 atom stereocenters. The molecule has 0 spiro atoms. The lowest BCUT2D eigenvalue weighted by Gasteiger charge is -2.22. The molecule has 16 heavy (non-hydrogen) atoms. The predicted octanol–water partition coefficient (Wildman–Crippen LogP) is 4.56. The Morgan fingerprint density at radius 1 is 0.938 bits per heavy atom. The van der Waals surface area contributed by atoms with Gasteiger partial charge in [-0.05, 0) is 37.1 Å². The highest BCUT2D eigenvalue weighted by Crippen LogP contribution is 2.49. The molecule has 0 bridgehead atoms. The van der Waals surface area contributed by atoms with E-state index in [9.17, 15) is 0 Å². The average molecular weight is 228 g/mol. The maximum absolute atomic E-state index is 5.97. The van der Waals surface area contributed by atoms with E-state index < -0.39 is 0 Å². The molecule has 1 aliphatic rings. The molecule has 2 heteroatoms. The van der Waals surface area contributed by atoms with Crippen LogP contribution in [0.3, 0.4) is 0 Å². The first-order valence-corrected chi connectivity index (χ1v) is 6.12. The summed E-state index contributed by atoms with van der Waals surface area (Å²) in [6.45, 7) is 4.22. The molecule has 0 N–H and O–H groups in total. The average Bonchev–Trinajstić information content (AvgIpc) is 2.32. The second-order valence-electron chi connectivity index (χ2n) is 4.01. The summed E-state index contributed by atoms with van der Waals surface area (Å²) in [7, 11) is 0. The van der Waals surface area contributed by atoms with Crippen LogP contribution in [-0.2, 0) is 0 Å². The number of ether oxygens (including phenoxy) is 1. The van der Waals surface area contributed by atoms with Gasteiger partial charge in [-0.25, -0.2) is 0 Å². The lowest BCUT2D eigenvalue weighted by atomic mass is 10.1. The Kier molecular flexibility index (Phi) is 2.18. The molecule has 0 saturated heterocycles. The molecule has 2 aromatic rings. The van der Waals surface area contributed by atoms with Gasteiger partial charge in [-0.2, -0.15) is 0 Å². The molecule has 1 aliphatic heterocycles. The van der Waals surface area contributed by atoms with E-state index >= 15 is 0 Å². The Hall–Kier alpha value is -1.41. The summed E-state index contributed by atoms with van der Waals surface area (Å²) in [4.78, 5) is 2.45. The number of benzene rings is 2. The molecule has 2 aromatic carbocycles. The van der Waals surface area contributed by atoms with Crippen LogP contribution in [0.25, 0.3) is 0 Å². The number of para-hydroxylation sites is 1. The normalized spacial score (nSPS) is 12.6. The standard InChI is InChI=1S/C14H12OS/c1-9-7-8-10(2)14-13(9)15-11-5-3-4-6-12(11)16-14/h3-8H,1-2H3. The highest BCUT2D eigenvalue weighted by Gasteiger charge is 2.20. The fourth-order valence-electron chi connectivity index (χ4n) is 1.85. The minimum atomic E-state index is 0.966. The summed E-state index contributed by atoms with van der Waals surface area (Å²) in [6.07, 6.45) is 0. The molecule has 0 aromatic heterocycles. The molecule has 0 unspecified atom stereocenters. The quantitative estimate of drug-likeness (QED) is 0.558. The van der Waals surface area contributed by atoms with Crippen molar-refractivity contribution in [3.8, 4) is 11.5 Å².